The van der Waals surface area contributed by atoms with Crippen molar-refractivity contribution >= 4 is 11.9 Å². The zero-order valence-electron chi connectivity index (χ0n) is 13.9. The van der Waals surface area contributed by atoms with Gasteiger partial charge in [0.2, 0.25) is 11.9 Å². The lowest BCUT2D eigenvalue weighted by Crippen LogP contribution is -2.41. The molecule has 0 radical (unpaired) electrons. The molecule has 4 rings (SSSR count). The van der Waals surface area contributed by atoms with Crippen LogP contribution in [-0.2, 0) is 21.6 Å². The smallest absolute Gasteiger partial charge is 0.223 e. The highest BCUT2D eigenvalue weighted by Crippen LogP contribution is 2.40. The van der Waals surface area contributed by atoms with E-state index < -0.39 is 0 Å². The van der Waals surface area contributed by atoms with Gasteiger partial charge in [-0.15, -0.1) is 0 Å². The second-order valence-corrected chi connectivity index (χ2v) is 7.25. The van der Waals surface area contributed by atoms with E-state index in [1.165, 1.54) is 12.8 Å². The second-order valence-electron chi connectivity index (χ2n) is 7.25. The number of aryl methyl sites for hydroxylation is 1. The van der Waals surface area contributed by atoms with E-state index in [1.807, 2.05) is 11.8 Å². The maximum atomic E-state index is 11.7. The molecule has 6 heteroatoms. The lowest BCUT2D eigenvalue weighted by Gasteiger charge is -2.35. The van der Waals surface area contributed by atoms with Crippen LogP contribution in [0.5, 0.6) is 0 Å². The van der Waals surface area contributed by atoms with Crippen molar-refractivity contribution in [3.8, 4) is 0 Å². The van der Waals surface area contributed by atoms with Crippen molar-refractivity contribution in [3.05, 3.63) is 17.0 Å². The first-order valence-corrected chi connectivity index (χ1v) is 8.52. The molecule has 6 nitrogen and oxygen atoms in total. The molecule has 1 atom stereocenters. The standard InChI is InChI=1S/C17H24N4O2/c1-11-14-8-23-10-17(5-6-21(9-17)12(2)22)15(14)20-16(19-11)18-7-13-3-4-13/h13H,3-10H2,1-2H3,(H,18,19,20). The maximum Gasteiger partial charge on any atom is 0.223 e. The van der Waals surface area contributed by atoms with Crippen molar-refractivity contribution in [1.29, 1.82) is 0 Å². The molecule has 1 amide bonds. The fourth-order valence-electron chi connectivity index (χ4n) is 3.71. The third-order valence-electron chi connectivity index (χ3n) is 5.39. The Bertz CT molecular complexity index is 644. The Morgan fingerprint density at radius 1 is 1.43 bits per heavy atom. The van der Waals surface area contributed by atoms with Crippen LogP contribution in [-0.4, -0.2) is 47.0 Å². The molecule has 1 saturated carbocycles. The number of hydrogen-bond acceptors (Lipinski definition) is 5. The second kappa shape index (κ2) is 5.44. The quantitative estimate of drug-likeness (QED) is 0.918. The summed E-state index contributed by atoms with van der Waals surface area (Å²) in [5, 5.41) is 3.39. The molecule has 1 spiro atoms. The summed E-state index contributed by atoms with van der Waals surface area (Å²) < 4.78 is 5.85. The van der Waals surface area contributed by atoms with Gasteiger partial charge in [0.15, 0.2) is 0 Å². The van der Waals surface area contributed by atoms with Gasteiger partial charge in [0, 0.05) is 37.8 Å². The molecule has 1 aromatic rings. The van der Waals surface area contributed by atoms with E-state index in [2.05, 4.69) is 10.3 Å². The summed E-state index contributed by atoms with van der Waals surface area (Å²) in [5.74, 6) is 1.65. The number of likely N-dealkylation sites (tertiary alicyclic amines) is 1. The molecule has 3 aliphatic rings. The minimum absolute atomic E-state index is 0.131. The van der Waals surface area contributed by atoms with Crippen molar-refractivity contribution in [3.63, 3.8) is 0 Å². The summed E-state index contributed by atoms with van der Waals surface area (Å²) in [6, 6.07) is 0. The largest absolute Gasteiger partial charge is 0.376 e. The lowest BCUT2D eigenvalue weighted by molar-refractivity contribution is -0.128. The van der Waals surface area contributed by atoms with Gasteiger partial charge in [0.05, 0.1) is 24.3 Å². The van der Waals surface area contributed by atoms with E-state index >= 15 is 0 Å². The summed E-state index contributed by atoms with van der Waals surface area (Å²) in [7, 11) is 0. The molecule has 1 aromatic heterocycles. The number of carbonyl (C=O) groups excluding carboxylic acids is 1. The maximum absolute atomic E-state index is 11.7. The van der Waals surface area contributed by atoms with Crippen molar-refractivity contribution in [1.82, 2.24) is 14.9 Å². The van der Waals surface area contributed by atoms with E-state index in [4.69, 9.17) is 9.72 Å². The van der Waals surface area contributed by atoms with Crippen LogP contribution < -0.4 is 5.32 Å². The third-order valence-corrected chi connectivity index (χ3v) is 5.39. The fourth-order valence-corrected chi connectivity index (χ4v) is 3.71. The fraction of sp³-hybridized carbons (Fsp3) is 0.706. The van der Waals surface area contributed by atoms with Crippen LogP contribution in [0.25, 0.3) is 0 Å². The van der Waals surface area contributed by atoms with Gasteiger partial charge in [-0.3, -0.25) is 4.79 Å². The molecule has 23 heavy (non-hydrogen) atoms. The van der Waals surface area contributed by atoms with E-state index in [-0.39, 0.29) is 11.3 Å². The van der Waals surface area contributed by atoms with Crippen LogP contribution in [0.2, 0.25) is 0 Å². The van der Waals surface area contributed by atoms with Crippen LogP contribution in [0.4, 0.5) is 5.95 Å². The predicted octanol–water partition coefficient (Wildman–Crippen LogP) is 1.63. The van der Waals surface area contributed by atoms with Crippen molar-refractivity contribution < 1.29 is 9.53 Å². The topological polar surface area (TPSA) is 67.4 Å². The Kier molecular flexibility index (Phi) is 3.52. The van der Waals surface area contributed by atoms with Gasteiger partial charge in [-0.1, -0.05) is 0 Å². The Labute approximate surface area is 136 Å². The van der Waals surface area contributed by atoms with Gasteiger partial charge in [0.25, 0.3) is 0 Å². The number of anilines is 1. The van der Waals surface area contributed by atoms with Crippen molar-refractivity contribution in [2.24, 2.45) is 5.92 Å². The Morgan fingerprint density at radius 3 is 2.96 bits per heavy atom. The number of carbonyl (C=O) groups is 1. The first-order valence-electron chi connectivity index (χ1n) is 8.52. The highest BCUT2D eigenvalue weighted by atomic mass is 16.5. The summed E-state index contributed by atoms with van der Waals surface area (Å²) in [4.78, 5) is 23.1. The van der Waals surface area contributed by atoms with Crippen molar-refractivity contribution in [2.75, 3.05) is 31.6 Å². The van der Waals surface area contributed by atoms with E-state index in [1.54, 1.807) is 6.92 Å². The monoisotopic (exact) mass is 316 g/mol. The van der Waals surface area contributed by atoms with Gasteiger partial charge in [-0.25, -0.2) is 9.97 Å². The van der Waals surface area contributed by atoms with E-state index in [0.717, 1.165) is 48.3 Å². The molecule has 0 bridgehead atoms. The number of fused-ring (bicyclic) bond motifs is 2. The summed E-state index contributed by atoms with van der Waals surface area (Å²) in [6.07, 6.45) is 3.53. The SMILES string of the molecule is CC(=O)N1CCC2(COCc3c(C)nc(NCC4CC4)nc32)C1. The highest BCUT2D eigenvalue weighted by molar-refractivity contribution is 5.74. The number of ether oxygens (including phenoxy) is 1. The molecule has 2 aliphatic heterocycles. The Hall–Kier alpha value is -1.69. The van der Waals surface area contributed by atoms with Gasteiger partial charge in [-0.2, -0.15) is 0 Å². The van der Waals surface area contributed by atoms with Crippen LogP contribution in [0, 0.1) is 12.8 Å². The van der Waals surface area contributed by atoms with Crippen LogP contribution >= 0.6 is 0 Å². The summed E-state index contributed by atoms with van der Waals surface area (Å²) in [6.45, 7) is 7.33. The molecule has 1 N–H and O–H groups in total. The Morgan fingerprint density at radius 2 is 2.26 bits per heavy atom. The van der Waals surface area contributed by atoms with Gasteiger partial charge >= 0.3 is 0 Å². The minimum Gasteiger partial charge on any atom is -0.376 e. The average molecular weight is 316 g/mol. The number of amides is 1. The summed E-state index contributed by atoms with van der Waals surface area (Å²) >= 11 is 0. The number of rotatable bonds is 3. The summed E-state index contributed by atoms with van der Waals surface area (Å²) in [5.41, 5.74) is 3.04. The number of nitrogens with one attached hydrogen (secondary N) is 1. The van der Waals surface area contributed by atoms with Crippen LogP contribution in [0.1, 0.15) is 43.1 Å². The molecule has 3 heterocycles. The first kappa shape index (κ1) is 14.9. The highest BCUT2D eigenvalue weighted by Gasteiger charge is 2.46. The number of nitrogens with zero attached hydrogens (tertiary/aromatic N) is 3. The van der Waals surface area contributed by atoms with Gasteiger partial charge < -0.3 is 15.0 Å². The third kappa shape index (κ3) is 2.69. The lowest BCUT2D eigenvalue weighted by atomic mass is 9.80. The van der Waals surface area contributed by atoms with Crippen LogP contribution in [0.3, 0.4) is 0 Å². The Balaban J connectivity index is 1.66. The molecule has 1 unspecified atom stereocenters. The predicted molar refractivity (Wildman–Crippen MR) is 86.2 cm³/mol. The van der Waals surface area contributed by atoms with Crippen LogP contribution in [0.15, 0.2) is 0 Å². The van der Waals surface area contributed by atoms with E-state index in [0.29, 0.717) is 19.8 Å². The average Bonchev–Trinajstić information content (AvgIpc) is 3.26. The molecule has 0 aromatic carbocycles. The van der Waals surface area contributed by atoms with Gasteiger partial charge in [0.1, 0.15) is 0 Å². The molecule has 1 aliphatic carbocycles. The van der Waals surface area contributed by atoms with E-state index in [9.17, 15) is 4.79 Å². The molecular formula is C17H24N4O2. The number of aromatic nitrogens is 2. The first-order chi connectivity index (χ1) is 11.1. The minimum atomic E-state index is -0.164. The zero-order chi connectivity index (χ0) is 16.0. The normalized spacial score (nSPS) is 26.4. The van der Waals surface area contributed by atoms with Crippen molar-refractivity contribution in [2.45, 2.75) is 45.1 Å². The molecule has 2 fully saturated rings. The molecule has 1 saturated heterocycles. The molecule has 124 valence electrons. The van der Waals surface area contributed by atoms with Gasteiger partial charge in [-0.05, 0) is 32.1 Å². The zero-order valence-corrected chi connectivity index (χ0v) is 13.9. The number of hydrogen-bond donors (Lipinski definition) is 1. The molecular weight excluding hydrogens is 292 g/mol.